The normalized spacial score (nSPS) is 25.9. The van der Waals surface area contributed by atoms with E-state index >= 15 is 0 Å². The molecule has 37 heavy (non-hydrogen) atoms. The van der Waals surface area contributed by atoms with Gasteiger partial charge in [0, 0.05) is 19.3 Å². The third-order valence-corrected chi connectivity index (χ3v) is 9.40. The van der Waals surface area contributed by atoms with E-state index in [4.69, 9.17) is 11.3 Å². The molecule has 3 heteroatoms. The molecule has 2 saturated carbocycles. The van der Waals surface area contributed by atoms with E-state index in [1.807, 2.05) is 12.1 Å². The van der Waals surface area contributed by atoms with Crippen molar-refractivity contribution in [1.29, 1.82) is 0 Å². The zero-order valence-corrected chi connectivity index (χ0v) is 23.9. The van der Waals surface area contributed by atoms with Crippen LogP contribution in [0, 0.1) is 24.3 Å². The van der Waals surface area contributed by atoms with E-state index in [0.29, 0.717) is 5.75 Å². The average molecular weight is 508 g/mol. The van der Waals surface area contributed by atoms with Gasteiger partial charge in [0.25, 0.3) is 0 Å². The maximum atomic E-state index is 12.8. The molecule has 2 aliphatic carbocycles. The fraction of sp³-hybridized carbons (Fsp3) is 0.765. The van der Waals surface area contributed by atoms with Crippen LogP contribution in [0.5, 0.6) is 5.75 Å². The Morgan fingerprint density at radius 1 is 0.838 bits per heavy atom. The van der Waals surface area contributed by atoms with E-state index in [1.165, 1.54) is 89.0 Å². The number of benzene rings is 1. The predicted molar refractivity (Wildman–Crippen MR) is 155 cm³/mol. The van der Waals surface area contributed by atoms with Gasteiger partial charge in [0.05, 0.1) is 5.92 Å². The van der Waals surface area contributed by atoms with Crippen LogP contribution >= 0.6 is 0 Å². The molecule has 0 aliphatic heterocycles. The zero-order valence-electron chi connectivity index (χ0n) is 23.9. The van der Waals surface area contributed by atoms with E-state index in [2.05, 4.69) is 30.8 Å². The molecule has 1 aromatic carbocycles. The molecule has 2 aliphatic rings. The number of rotatable bonds is 15. The van der Waals surface area contributed by atoms with Gasteiger partial charge in [0.2, 0.25) is 5.54 Å². The van der Waals surface area contributed by atoms with Crippen LogP contribution in [0.25, 0.3) is 4.85 Å². The van der Waals surface area contributed by atoms with Gasteiger partial charge in [-0.15, -0.1) is 0 Å². The van der Waals surface area contributed by atoms with Crippen LogP contribution in [0.1, 0.15) is 141 Å². The lowest BCUT2D eigenvalue weighted by Crippen LogP contribution is -2.34. The Morgan fingerprint density at radius 3 is 2.05 bits per heavy atom. The molecule has 0 radical (unpaired) electrons. The highest BCUT2D eigenvalue weighted by Gasteiger charge is 2.42. The van der Waals surface area contributed by atoms with Crippen molar-refractivity contribution in [2.24, 2.45) is 17.8 Å². The predicted octanol–water partition coefficient (Wildman–Crippen LogP) is 10.1. The minimum absolute atomic E-state index is 0.0632. The van der Waals surface area contributed by atoms with Gasteiger partial charge in [-0.25, -0.2) is 6.57 Å². The summed E-state index contributed by atoms with van der Waals surface area (Å²) in [5.74, 6) is 2.36. The van der Waals surface area contributed by atoms with Gasteiger partial charge < -0.3 is 9.58 Å². The Labute approximate surface area is 228 Å². The fourth-order valence-corrected chi connectivity index (χ4v) is 6.65. The molecule has 3 nitrogen and oxygen atoms in total. The van der Waals surface area contributed by atoms with E-state index in [-0.39, 0.29) is 17.4 Å². The highest BCUT2D eigenvalue weighted by molar-refractivity contribution is 5.75. The van der Waals surface area contributed by atoms with Crippen molar-refractivity contribution >= 4 is 5.97 Å². The van der Waals surface area contributed by atoms with Crippen LogP contribution in [-0.4, -0.2) is 11.5 Å². The van der Waals surface area contributed by atoms with Crippen molar-refractivity contribution in [2.75, 3.05) is 0 Å². The lowest BCUT2D eigenvalue weighted by Gasteiger charge is -2.30. The van der Waals surface area contributed by atoms with Crippen LogP contribution in [0.3, 0.4) is 0 Å². The highest BCUT2D eigenvalue weighted by Crippen LogP contribution is 2.39. The van der Waals surface area contributed by atoms with Gasteiger partial charge in [-0.05, 0) is 61.6 Å². The number of nitrogens with zero attached hydrogens (tertiary/aromatic N) is 1. The van der Waals surface area contributed by atoms with Crippen LogP contribution in [0.2, 0.25) is 0 Å². The van der Waals surface area contributed by atoms with E-state index in [1.54, 1.807) is 0 Å². The van der Waals surface area contributed by atoms with Crippen molar-refractivity contribution in [3.63, 3.8) is 0 Å². The second-order valence-corrected chi connectivity index (χ2v) is 12.3. The second-order valence-electron chi connectivity index (χ2n) is 12.3. The number of hydrogen-bond acceptors (Lipinski definition) is 2. The summed E-state index contributed by atoms with van der Waals surface area (Å²) in [6, 6.07) is 8.23. The van der Waals surface area contributed by atoms with Gasteiger partial charge in [0.15, 0.2) is 0 Å². The van der Waals surface area contributed by atoms with Crippen LogP contribution < -0.4 is 4.74 Å². The first-order chi connectivity index (χ1) is 18.1. The molecule has 206 valence electrons. The van der Waals surface area contributed by atoms with Gasteiger partial charge in [0.1, 0.15) is 5.75 Å². The standard InChI is InChI=1S/C34H53NO2/c1-4-6-8-9-11-25-34(35-3)26-23-31(24-27-34)33(36)37-32-21-19-30(20-22-32)18-17-29-15-13-28(14-16-29)12-10-7-5-2/h19-22,28-29,31H,4-18,23-27H2,1-2H3. The monoisotopic (exact) mass is 507 g/mol. The maximum Gasteiger partial charge on any atom is 0.314 e. The molecule has 0 aromatic heterocycles. The maximum absolute atomic E-state index is 12.8. The lowest BCUT2D eigenvalue weighted by atomic mass is 9.74. The largest absolute Gasteiger partial charge is 0.426 e. The lowest BCUT2D eigenvalue weighted by molar-refractivity contribution is -0.140. The summed E-state index contributed by atoms with van der Waals surface area (Å²) < 4.78 is 5.77. The number of hydrogen-bond donors (Lipinski definition) is 0. The molecule has 0 spiro atoms. The second kappa shape index (κ2) is 16.2. The molecule has 0 atom stereocenters. The van der Waals surface area contributed by atoms with Crippen molar-refractivity contribution in [3.05, 3.63) is 41.2 Å². The summed E-state index contributed by atoms with van der Waals surface area (Å²) in [4.78, 5) is 16.9. The van der Waals surface area contributed by atoms with Gasteiger partial charge in [-0.1, -0.05) is 103 Å². The van der Waals surface area contributed by atoms with Crippen molar-refractivity contribution < 1.29 is 9.53 Å². The molecule has 0 saturated heterocycles. The van der Waals surface area contributed by atoms with Crippen LogP contribution in [-0.2, 0) is 11.2 Å². The highest BCUT2D eigenvalue weighted by atomic mass is 16.5. The molecule has 0 unspecified atom stereocenters. The third kappa shape index (κ3) is 10.1. The first-order valence-electron chi connectivity index (χ1n) is 15.8. The third-order valence-electron chi connectivity index (χ3n) is 9.40. The molecule has 0 N–H and O–H groups in total. The minimum Gasteiger partial charge on any atom is -0.426 e. The van der Waals surface area contributed by atoms with Gasteiger partial charge in [-0.2, -0.15) is 0 Å². The van der Waals surface area contributed by atoms with Crippen LogP contribution in [0.4, 0.5) is 0 Å². The number of aryl methyl sites for hydroxylation is 1. The smallest absolute Gasteiger partial charge is 0.314 e. The number of carbonyl (C=O) groups excluding carboxylic acids is 1. The first kappa shape index (κ1) is 29.7. The number of unbranched alkanes of at least 4 members (excludes halogenated alkanes) is 6. The Kier molecular flexibility index (Phi) is 13.0. The van der Waals surface area contributed by atoms with E-state index in [0.717, 1.165) is 56.8 Å². The Hall–Kier alpha value is -1.82. The molecule has 2 fully saturated rings. The Bertz CT molecular complexity index is 807. The summed E-state index contributed by atoms with van der Waals surface area (Å²) in [7, 11) is 0. The molecule has 0 bridgehead atoms. The SMILES string of the molecule is [C-]#[N+]C1(CCCCCCC)CCC(C(=O)Oc2ccc(CCC3CCC(CCCCC)CC3)cc2)CC1. The summed E-state index contributed by atoms with van der Waals surface area (Å²) in [5, 5.41) is 0. The van der Waals surface area contributed by atoms with Crippen LogP contribution in [0.15, 0.2) is 24.3 Å². The fourth-order valence-electron chi connectivity index (χ4n) is 6.65. The Balaban J connectivity index is 1.34. The topological polar surface area (TPSA) is 30.7 Å². The molecular weight excluding hydrogens is 454 g/mol. The molecule has 3 rings (SSSR count). The quantitative estimate of drug-likeness (QED) is 0.102. The summed E-state index contributed by atoms with van der Waals surface area (Å²) in [6.07, 6.45) is 24.1. The molecule has 0 amide bonds. The number of carbonyl (C=O) groups is 1. The van der Waals surface area contributed by atoms with Crippen molar-refractivity contribution in [2.45, 2.75) is 148 Å². The number of esters is 1. The van der Waals surface area contributed by atoms with E-state index in [9.17, 15) is 4.79 Å². The van der Waals surface area contributed by atoms with Crippen molar-refractivity contribution in [1.82, 2.24) is 0 Å². The minimum atomic E-state index is -0.237. The average Bonchev–Trinajstić information content (AvgIpc) is 2.93. The Morgan fingerprint density at radius 2 is 1.43 bits per heavy atom. The van der Waals surface area contributed by atoms with Gasteiger partial charge in [-0.3, -0.25) is 4.79 Å². The molecule has 1 aromatic rings. The van der Waals surface area contributed by atoms with Gasteiger partial charge >= 0.3 is 5.97 Å². The zero-order chi connectivity index (χ0) is 26.3. The number of ether oxygens (including phenoxy) is 1. The summed E-state index contributed by atoms with van der Waals surface area (Å²) in [5.41, 5.74) is 1.11. The van der Waals surface area contributed by atoms with E-state index < -0.39 is 0 Å². The summed E-state index contributed by atoms with van der Waals surface area (Å²) >= 11 is 0. The van der Waals surface area contributed by atoms with Crippen molar-refractivity contribution in [3.8, 4) is 5.75 Å². The molecular formula is C34H53NO2. The summed E-state index contributed by atoms with van der Waals surface area (Å²) in [6.45, 7) is 12.3. The molecule has 0 heterocycles. The first-order valence-corrected chi connectivity index (χ1v) is 15.8.